The fraction of sp³-hybridized carbons (Fsp3) is 1.00. The molecule has 0 saturated heterocycles. The molecule has 0 aliphatic heterocycles. The molecule has 1 rings (SSSR count). The van der Waals surface area contributed by atoms with E-state index in [1.165, 1.54) is 0 Å². The van der Waals surface area contributed by atoms with E-state index in [1.54, 1.807) is 0 Å². The van der Waals surface area contributed by atoms with Crippen LogP contribution in [0.3, 0.4) is 0 Å². The lowest BCUT2D eigenvalue weighted by Gasteiger charge is -1.97. The van der Waals surface area contributed by atoms with Crippen molar-refractivity contribution in [2.24, 2.45) is 0 Å². The molecule has 1 fully saturated rings. The van der Waals surface area contributed by atoms with E-state index in [4.69, 9.17) is 4.74 Å². The minimum Gasteiger partial charge on any atom is -0.372 e. The van der Waals surface area contributed by atoms with E-state index in [0.29, 0.717) is 6.61 Å². The lowest BCUT2D eigenvalue weighted by atomic mass is 10.5. The second kappa shape index (κ2) is 4.65. The number of hydrogen-bond acceptors (Lipinski definition) is 1. The Morgan fingerprint density at radius 3 is 2.18 bits per heavy atom. The van der Waals surface area contributed by atoms with Crippen LogP contribution in [0.2, 0.25) is 0 Å². The lowest BCUT2D eigenvalue weighted by Crippen LogP contribution is -2.04. The number of ether oxygens (including phenoxy) is 1. The summed E-state index contributed by atoms with van der Waals surface area (Å²) in [6.07, 6.45) is -0.0306. The van der Waals surface area contributed by atoms with Crippen LogP contribution in [0, 0.1) is 0 Å². The molecule has 0 aromatic carbocycles. The first-order valence-electron chi connectivity index (χ1n) is 4.16. The first-order valence-corrected chi connectivity index (χ1v) is 4.16. The van der Waals surface area contributed by atoms with E-state index < -0.39 is 12.0 Å². The summed E-state index contributed by atoms with van der Waals surface area (Å²) in [4.78, 5) is 0. The Kier molecular flexibility index (Phi) is 4.57. The first-order chi connectivity index (χ1) is 5.17. The zero-order valence-corrected chi connectivity index (χ0v) is 7.36. The predicted octanol–water partition coefficient (Wildman–Crippen LogP) is 2.85. The van der Waals surface area contributed by atoms with Crippen LogP contribution in [0.1, 0.15) is 33.6 Å². The maximum atomic E-state index is 12.0. The van der Waals surface area contributed by atoms with Crippen molar-refractivity contribution in [3.8, 4) is 0 Å². The van der Waals surface area contributed by atoms with Gasteiger partial charge in [-0.1, -0.05) is 20.8 Å². The van der Waals surface area contributed by atoms with Gasteiger partial charge in [0.25, 0.3) is 5.92 Å². The summed E-state index contributed by atoms with van der Waals surface area (Å²) in [6.45, 7) is 6.36. The number of hydrogen-bond donors (Lipinski definition) is 0. The van der Waals surface area contributed by atoms with E-state index in [1.807, 2.05) is 20.8 Å². The van der Waals surface area contributed by atoms with Gasteiger partial charge in [0.2, 0.25) is 0 Å². The number of alkyl halides is 2. The fourth-order valence-electron chi connectivity index (χ4n) is 0.629. The highest BCUT2D eigenvalue weighted by molar-refractivity contribution is 4.96. The minimum absolute atomic E-state index is 0.0764. The van der Waals surface area contributed by atoms with Crippen LogP contribution in [0.5, 0.6) is 0 Å². The second-order valence-corrected chi connectivity index (χ2v) is 2.32. The largest absolute Gasteiger partial charge is 0.372 e. The van der Waals surface area contributed by atoms with Crippen molar-refractivity contribution in [3.63, 3.8) is 0 Å². The summed E-state index contributed by atoms with van der Waals surface area (Å²) < 4.78 is 28.8. The van der Waals surface area contributed by atoms with Gasteiger partial charge >= 0.3 is 0 Å². The monoisotopic (exact) mass is 166 g/mol. The van der Waals surface area contributed by atoms with Gasteiger partial charge in [0.05, 0.1) is 0 Å². The van der Waals surface area contributed by atoms with Crippen LogP contribution >= 0.6 is 0 Å². The van der Waals surface area contributed by atoms with Gasteiger partial charge in [0.15, 0.2) is 0 Å². The first kappa shape index (κ1) is 10.8. The molecule has 0 spiro atoms. The molecule has 0 N–H and O–H groups in total. The summed E-state index contributed by atoms with van der Waals surface area (Å²) in [5.74, 6) is -2.50. The molecule has 0 heterocycles. The van der Waals surface area contributed by atoms with Crippen LogP contribution in [0.4, 0.5) is 8.78 Å². The van der Waals surface area contributed by atoms with Crippen LogP contribution in [0.15, 0.2) is 0 Å². The lowest BCUT2D eigenvalue weighted by molar-refractivity contribution is 0.0135. The van der Waals surface area contributed by atoms with E-state index in [9.17, 15) is 8.78 Å². The van der Waals surface area contributed by atoms with Gasteiger partial charge in [0, 0.05) is 13.0 Å². The van der Waals surface area contributed by atoms with E-state index >= 15 is 0 Å². The molecule has 0 radical (unpaired) electrons. The van der Waals surface area contributed by atoms with Crippen molar-refractivity contribution in [1.82, 2.24) is 0 Å². The molecule has 1 saturated carbocycles. The zero-order chi connectivity index (χ0) is 8.91. The van der Waals surface area contributed by atoms with Gasteiger partial charge in [0.1, 0.15) is 6.10 Å². The molecular weight excluding hydrogens is 150 g/mol. The molecule has 68 valence electrons. The van der Waals surface area contributed by atoms with Crippen LogP contribution in [-0.2, 0) is 4.74 Å². The Balaban J connectivity index is 0.000000461. The topological polar surface area (TPSA) is 9.23 Å². The van der Waals surface area contributed by atoms with Gasteiger partial charge in [-0.2, -0.15) is 0 Å². The summed E-state index contributed by atoms with van der Waals surface area (Å²) in [5, 5.41) is 0. The van der Waals surface area contributed by atoms with Crippen molar-refractivity contribution < 1.29 is 13.5 Å². The molecule has 1 aliphatic carbocycles. The molecule has 0 aromatic rings. The number of halogens is 2. The average Bonchev–Trinajstić information content (AvgIpc) is 2.59. The minimum atomic E-state index is -2.50. The summed E-state index contributed by atoms with van der Waals surface area (Å²) in [7, 11) is 0. The normalized spacial score (nSPS) is 25.4. The van der Waals surface area contributed by atoms with E-state index in [-0.39, 0.29) is 6.42 Å². The third kappa shape index (κ3) is 3.65. The molecule has 0 aromatic heterocycles. The second-order valence-electron chi connectivity index (χ2n) is 2.32. The van der Waals surface area contributed by atoms with Crippen molar-refractivity contribution >= 4 is 0 Å². The molecule has 1 aliphatic rings. The smallest absolute Gasteiger partial charge is 0.276 e. The van der Waals surface area contributed by atoms with Crippen LogP contribution in [0.25, 0.3) is 0 Å². The molecule has 11 heavy (non-hydrogen) atoms. The molecule has 0 bridgehead atoms. The summed E-state index contributed by atoms with van der Waals surface area (Å²) in [5.41, 5.74) is 0. The van der Waals surface area contributed by atoms with Crippen molar-refractivity contribution in [2.45, 2.75) is 45.6 Å². The summed E-state index contributed by atoms with van der Waals surface area (Å²) in [6, 6.07) is 0. The highest BCUT2D eigenvalue weighted by Gasteiger charge is 2.58. The van der Waals surface area contributed by atoms with Gasteiger partial charge in [-0.3, -0.25) is 0 Å². The summed E-state index contributed by atoms with van der Waals surface area (Å²) >= 11 is 0. The Labute approximate surface area is 66.7 Å². The van der Waals surface area contributed by atoms with Crippen molar-refractivity contribution in [1.29, 1.82) is 0 Å². The fourth-order valence-corrected chi connectivity index (χ4v) is 0.629. The maximum Gasteiger partial charge on any atom is 0.276 e. The molecule has 3 heteroatoms. The Morgan fingerprint density at radius 1 is 1.45 bits per heavy atom. The van der Waals surface area contributed by atoms with Crippen LogP contribution in [-0.4, -0.2) is 18.6 Å². The van der Waals surface area contributed by atoms with Gasteiger partial charge in [-0.15, -0.1) is 0 Å². The SMILES string of the molecule is CC.CCCOC1CC1(F)F. The van der Waals surface area contributed by atoms with E-state index in [2.05, 4.69) is 0 Å². The molecule has 1 unspecified atom stereocenters. The van der Waals surface area contributed by atoms with Crippen LogP contribution < -0.4 is 0 Å². The van der Waals surface area contributed by atoms with Crippen molar-refractivity contribution in [3.05, 3.63) is 0 Å². The number of rotatable bonds is 3. The Hall–Kier alpha value is -0.180. The Morgan fingerprint density at radius 2 is 1.91 bits per heavy atom. The highest BCUT2D eigenvalue weighted by atomic mass is 19.3. The highest BCUT2D eigenvalue weighted by Crippen LogP contribution is 2.44. The predicted molar refractivity (Wildman–Crippen MR) is 40.9 cm³/mol. The van der Waals surface area contributed by atoms with Crippen molar-refractivity contribution in [2.75, 3.05) is 6.61 Å². The third-order valence-corrected chi connectivity index (χ3v) is 1.29. The van der Waals surface area contributed by atoms with Gasteiger partial charge in [-0.25, -0.2) is 8.78 Å². The molecule has 0 amide bonds. The molecule has 1 nitrogen and oxygen atoms in total. The quantitative estimate of drug-likeness (QED) is 0.626. The van der Waals surface area contributed by atoms with Gasteiger partial charge < -0.3 is 4.74 Å². The maximum absolute atomic E-state index is 12.0. The average molecular weight is 166 g/mol. The molecular formula is C8H16F2O. The van der Waals surface area contributed by atoms with E-state index in [0.717, 1.165) is 6.42 Å². The third-order valence-electron chi connectivity index (χ3n) is 1.29. The standard InChI is InChI=1S/C6H10F2O.C2H6/c1-2-3-9-5-4-6(5,7)8;1-2/h5H,2-4H2,1H3;1-2H3. The van der Waals surface area contributed by atoms with Gasteiger partial charge in [-0.05, 0) is 6.42 Å². The molecule has 1 atom stereocenters. The Bertz CT molecular complexity index is 104. The zero-order valence-electron chi connectivity index (χ0n) is 7.36.